The monoisotopic (exact) mass is 475 g/mol. The number of carbonyl (C=O) groups is 1. The van der Waals surface area contributed by atoms with E-state index in [1.54, 1.807) is 24.3 Å². The Morgan fingerprint density at radius 3 is 2.38 bits per heavy atom. The van der Waals surface area contributed by atoms with E-state index in [2.05, 4.69) is 49.1 Å². The summed E-state index contributed by atoms with van der Waals surface area (Å²) in [5.41, 5.74) is 1.95. The Balaban J connectivity index is 1.71. The van der Waals surface area contributed by atoms with Crippen LogP contribution in [0.5, 0.6) is 0 Å². The minimum Gasteiger partial charge on any atom is -0.357 e. The average molecular weight is 476 g/mol. The van der Waals surface area contributed by atoms with Gasteiger partial charge in [0.05, 0.1) is 6.20 Å². The molecule has 0 spiro atoms. The maximum Gasteiger partial charge on any atom is 0.273 e. The third-order valence-electron chi connectivity index (χ3n) is 4.35. The first-order valence-electron chi connectivity index (χ1n) is 9.94. The van der Waals surface area contributed by atoms with E-state index < -0.39 is 10.0 Å². The molecule has 3 aromatic rings. The molecule has 0 aliphatic carbocycles. The lowest BCUT2D eigenvalue weighted by Gasteiger charge is -2.20. The van der Waals surface area contributed by atoms with Crippen LogP contribution in [0.3, 0.4) is 0 Å². The molecule has 1 aromatic carbocycles. The summed E-state index contributed by atoms with van der Waals surface area (Å²) >= 11 is 0.875. The van der Waals surface area contributed by atoms with Crippen molar-refractivity contribution < 1.29 is 13.2 Å². The lowest BCUT2D eigenvalue weighted by atomic mass is 10.3. The van der Waals surface area contributed by atoms with Crippen LogP contribution in [0.25, 0.3) is 0 Å². The number of hydrogen-bond acceptors (Lipinski definition) is 9. The Hall–Kier alpha value is -3.25. The van der Waals surface area contributed by atoms with E-state index in [0.717, 1.165) is 41.6 Å². The molecule has 0 aliphatic heterocycles. The van der Waals surface area contributed by atoms with Crippen molar-refractivity contribution in [3.05, 3.63) is 42.2 Å². The molecule has 0 radical (unpaired) electrons. The molecule has 0 atom stereocenters. The topological polar surface area (TPSA) is 129 Å². The van der Waals surface area contributed by atoms with Gasteiger partial charge in [-0.1, -0.05) is 11.3 Å². The first-order valence-corrected chi connectivity index (χ1v) is 12.2. The Morgan fingerprint density at radius 2 is 1.75 bits per heavy atom. The summed E-state index contributed by atoms with van der Waals surface area (Å²) in [6.07, 6.45) is 1.21. The van der Waals surface area contributed by atoms with Crippen LogP contribution in [0, 0.1) is 6.92 Å². The summed E-state index contributed by atoms with van der Waals surface area (Å²) in [6.45, 7) is 9.06. The quantitative estimate of drug-likeness (QED) is 0.428. The van der Waals surface area contributed by atoms with Gasteiger partial charge in [0.15, 0.2) is 9.34 Å². The molecule has 0 unspecified atom stereocenters. The van der Waals surface area contributed by atoms with Crippen LogP contribution >= 0.6 is 11.3 Å². The normalized spacial score (nSPS) is 11.1. The second-order valence-electron chi connectivity index (χ2n) is 6.84. The van der Waals surface area contributed by atoms with Gasteiger partial charge >= 0.3 is 0 Å². The van der Waals surface area contributed by atoms with Gasteiger partial charge in [-0.15, -0.1) is 0 Å². The first kappa shape index (κ1) is 23.4. The van der Waals surface area contributed by atoms with Crippen LogP contribution in [0.15, 0.2) is 40.7 Å². The number of sulfonamides is 1. The number of nitrogens with one attached hydrogen (secondary N) is 3. The van der Waals surface area contributed by atoms with E-state index in [1.165, 1.54) is 13.1 Å². The molecule has 0 aliphatic rings. The Bertz CT molecular complexity index is 1190. The molecule has 12 heteroatoms. The van der Waals surface area contributed by atoms with Gasteiger partial charge in [-0.3, -0.25) is 9.52 Å². The zero-order chi connectivity index (χ0) is 23.3. The third-order valence-corrected chi connectivity index (χ3v) is 7.11. The molecule has 10 nitrogen and oxygen atoms in total. The highest BCUT2D eigenvalue weighted by atomic mass is 32.2. The summed E-state index contributed by atoms with van der Waals surface area (Å²) in [7, 11) is -3.82. The van der Waals surface area contributed by atoms with Gasteiger partial charge in [-0.2, -0.15) is 4.98 Å². The zero-order valence-electron chi connectivity index (χ0n) is 18.2. The molecule has 1 amide bonds. The Morgan fingerprint density at radius 1 is 1.09 bits per heavy atom. The Labute approximate surface area is 191 Å². The van der Waals surface area contributed by atoms with E-state index in [0.29, 0.717) is 11.6 Å². The van der Waals surface area contributed by atoms with Crippen molar-refractivity contribution in [2.45, 2.75) is 31.9 Å². The molecular formula is C20H25N7O3S2. The van der Waals surface area contributed by atoms with Gasteiger partial charge in [0.25, 0.3) is 10.0 Å². The maximum atomic E-state index is 12.6. The summed E-state index contributed by atoms with van der Waals surface area (Å²) in [5.74, 6) is 0.995. The fourth-order valence-corrected chi connectivity index (χ4v) is 5.00. The van der Waals surface area contributed by atoms with Crippen molar-refractivity contribution in [3.8, 4) is 0 Å². The first-order chi connectivity index (χ1) is 15.2. The number of anilines is 5. The standard InChI is InChI=1S/C20H25N7O3S2/c1-5-27(6-2)17-11-13(3)22-19(25-17)24-15-7-9-16(10-8-15)26-32(29,30)18-12-21-20(31-18)23-14(4)28/h7-12,26H,5-6H2,1-4H3,(H,21,23,28)(H,22,24,25). The minimum absolute atomic E-state index is 0.000504. The van der Waals surface area contributed by atoms with Crippen LogP contribution in [0.4, 0.5) is 28.3 Å². The average Bonchev–Trinajstić information content (AvgIpc) is 3.19. The largest absolute Gasteiger partial charge is 0.357 e. The molecule has 0 saturated heterocycles. The van der Waals surface area contributed by atoms with E-state index in [9.17, 15) is 13.2 Å². The fourth-order valence-electron chi connectivity index (χ4n) is 2.87. The fraction of sp³-hybridized carbons (Fsp3) is 0.300. The van der Waals surface area contributed by atoms with Gasteiger partial charge in [0.1, 0.15) is 5.82 Å². The molecule has 2 aromatic heterocycles. The van der Waals surface area contributed by atoms with Crippen molar-refractivity contribution in [1.82, 2.24) is 15.0 Å². The van der Waals surface area contributed by atoms with Gasteiger partial charge in [-0.25, -0.2) is 18.4 Å². The van der Waals surface area contributed by atoms with Gasteiger partial charge in [0, 0.05) is 43.1 Å². The van der Waals surface area contributed by atoms with Crippen LogP contribution < -0.4 is 20.3 Å². The molecule has 3 rings (SSSR count). The number of aryl methyl sites for hydroxylation is 1. The summed E-state index contributed by atoms with van der Waals surface area (Å²) in [6, 6.07) is 8.67. The van der Waals surface area contributed by atoms with Crippen molar-refractivity contribution >= 4 is 55.5 Å². The number of amides is 1. The molecule has 2 heterocycles. The van der Waals surface area contributed by atoms with Crippen LogP contribution in [0.2, 0.25) is 0 Å². The van der Waals surface area contributed by atoms with E-state index >= 15 is 0 Å². The number of benzene rings is 1. The second kappa shape index (κ2) is 9.92. The number of aromatic nitrogens is 3. The minimum atomic E-state index is -3.82. The van der Waals surface area contributed by atoms with Crippen LogP contribution in [-0.4, -0.2) is 42.4 Å². The van der Waals surface area contributed by atoms with E-state index in [1.807, 2.05) is 13.0 Å². The number of rotatable bonds is 9. The highest BCUT2D eigenvalue weighted by molar-refractivity contribution is 7.94. The van der Waals surface area contributed by atoms with Crippen LogP contribution in [0.1, 0.15) is 26.5 Å². The van der Waals surface area contributed by atoms with Crippen molar-refractivity contribution in [3.63, 3.8) is 0 Å². The lowest BCUT2D eigenvalue weighted by Crippen LogP contribution is -2.23. The summed E-state index contributed by atoms with van der Waals surface area (Å²) < 4.78 is 27.7. The summed E-state index contributed by atoms with van der Waals surface area (Å²) in [4.78, 5) is 26.1. The number of thiazole rings is 1. The maximum absolute atomic E-state index is 12.6. The van der Waals surface area contributed by atoms with Gasteiger partial charge in [-0.05, 0) is 45.0 Å². The van der Waals surface area contributed by atoms with Crippen LogP contribution in [-0.2, 0) is 14.8 Å². The highest BCUT2D eigenvalue weighted by Crippen LogP contribution is 2.26. The predicted octanol–water partition coefficient (Wildman–Crippen LogP) is 3.59. The van der Waals surface area contributed by atoms with E-state index in [4.69, 9.17) is 0 Å². The smallest absolute Gasteiger partial charge is 0.273 e. The molecular weight excluding hydrogens is 450 g/mol. The van der Waals surface area contributed by atoms with Crippen molar-refractivity contribution in [2.24, 2.45) is 0 Å². The van der Waals surface area contributed by atoms with Gasteiger partial charge < -0.3 is 15.5 Å². The summed E-state index contributed by atoms with van der Waals surface area (Å²) in [5, 5.41) is 5.85. The Kier molecular flexibility index (Phi) is 7.26. The van der Waals surface area contributed by atoms with Crippen molar-refractivity contribution in [2.75, 3.05) is 33.3 Å². The number of carbonyl (C=O) groups excluding carboxylic acids is 1. The number of hydrogen-bond donors (Lipinski definition) is 3. The predicted molar refractivity (Wildman–Crippen MR) is 127 cm³/mol. The van der Waals surface area contributed by atoms with E-state index in [-0.39, 0.29) is 15.2 Å². The third kappa shape index (κ3) is 5.92. The molecule has 32 heavy (non-hydrogen) atoms. The molecule has 170 valence electrons. The molecule has 0 bridgehead atoms. The molecule has 3 N–H and O–H groups in total. The van der Waals surface area contributed by atoms with Gasteiger partial charge in [0.2, 0.25) is 11.9 Å². The SMILES string of the molecule is CCN(CC)c1cc(C)nc(Nc2ccc(NS(=O)(=O)c3cnc(NC(C)=O)s3)cc2)n1. The zero-order valence-corrected chi connectivity index (χ0v) is 19.8. The lowest BCUT2D eigenvalue weighted by molar-refractivity contribution is -0.114. The van der Waals surface area contributed by atoms with Crippen molar-refractivity contribution in [1.29, 1.82) is 0 Å². The second-order valence-corrected chi connectivity index (χ2v) is 9.78. The highest BCUT2D eigenvalue weighted by Gasteiger charge is 2.18. The molecule has 0 saturated carbocycles. The molecule has 0 fully saturated rings. The number of nitrogens with zero attached hydrogens (tertiary/aromatic N) is 4.